The number of phosphoric ester groups is 2. The van der Waals surface area contributed by atoms with Gasteiger partial charge in [0, 0.05) is 0 Å². The van der Waals surface area contributed by atoms with Crippen molar-refractivity contribution in [1.29, 1.82) is 0 Å². The lowest BCUT2D eigenvalue weighted by molar-refractivity contribution is -0.142. The van der Waals surface area contributed by atoms with Crippen molar-refractivity contribution < 1.29 is 45.9 Å². The van der Waals surface area contributed by atoms with E-state index in [0.717, 1.165) is 0 Å². The van der Waals surface area contributed by atoms with Crippen LogP contribution in [-0.2, 0) is 45.9 Å². The Morgan fingerprint density at radius 1 is 0.625 bits per heavy atom. The molecule has 10 nitrogen and oxygen atoms in total. The minimum Gasteiger partial charge on any atom is -0.370 e. The molecule has 0 aromatic rings. The molecule has 142 valence electrons. The van der Waals surface area contributed by atoms with Gasteiger partial charge in [0.1, 0.15) is 0 Å². The summed E-state index contributed by atoms with van der Waals surface area (Å²) >= 11 is 0. The minimum absolute atomic E-state index is 0.0124. The Bertz CT molecular complexity index is 428. The fraction of sp³-hybridized carbons (Fsp3) is 0.833. The molecule has 0 radical (unpaired) electrons. The van der Waals surface area contributed by atoms with E-state index in [9.17, 15) is 18.7 Å². The molecule has 0 aliphatic heterocycles. The highest BCUT2D eigenvalue weighted by atomic mass is 31.2. The summed E-state index contributed by atoms with van der Waals surface area (Å²) in [6.45, 7) is 6.26. The Labute approximate surface area is 141 Å². The fourth-order valence-corrected chi connectivity index (χ4v) is 3.66. The molecular formula is C12H24O10P2. The first-order valence-corrected chi connectivity index (χ1v) is 10.4. The summed E-state index contributed by atoms with van der Waals surface area (Å²) in [4.78, 5) is 23.3. The standard InChI is InChI=1S/C12H24O10P2/c1-5-17-23(15,18-6-2)21-11(13)9-10-12(14)22-24(16,19-7-3)20-8-4/h5-10H2,1-4H3. The predicted octanol–water partition coefficient (Wildman–Crippen LogP) is 3.22. The van der Waals surface area contributed by atoms with Crippen LogP contribution in [0.4, 0.5) is 0 Å². The Hall–Kier alpha value is -0.760. The van der Waals surface area contributed by atoms with Gasteiger partial charge in [0.25, 0.3) is 0 Å². The van der Waals surface area contributed by atoms with Crippen LogP contribution in [0.3, 0.4) is 0 Å². The third kappa shape index (κ3) is 9.52. The molecule has 24 heavy (non-hydrogen) atoms. The second-order valence-corrected chi connectivity index (χ2v) is 7.18. The van der Waals surface area contributed by atoms with E-state index in [1.54, 1.807) is 27.7 Å². The molecule has 0 rings (SSSR count). The number of rotatable bonds is 13. The molecule has 0 atom stereocenters. The summed E-state index contributed by atoms with van der Waals surface area (Å²) in [6, 6.07) is 0. The predicted molar refractivity (Wildman–Crippen MR) is 83.1 cm³/mol. The van der Waals surface area contributed by atoms with Crippen molar-refractivity contribution in [3.8, 4) is 0 Å². The maximum atomic E-state index is 12.0. The average molecular weight is 390 g/mol. The fourth-order valence-electron chi connectivity index (χ4n) is 1.36. The molecule has 0 bridgehead atoms. The second kappa shape index (κ2) is 11.7. The molecule has 0 fully saturated rings. The van der Waals surface area contributed by atoms with Crippen LogP contribution in [0.2, 0.25) is 0 Å². The number of phosphoric acid groups is 2. The van der Waals surface area contributed by atoms with E-state index in [2.05, 4.69) is 9.05 Å². The summed E-state index contributed by atoms with van der Waals surface area (Å²) in [5, 5.41) is 0. The van der Waals surface area contributed by atoms with Crippen LogP contribution in [0, 0.1) is 0 Å². The molecule has 0 aliphatic rings. The van der Waals surface area contributed by atoms with Gasteiger partial charge in [-0.1, -0.05) is 0 Å². The quantitative estimate of drug-likeness (QED) is 0.433. The van der Waals surface area contributed by atoms with Crippen LogP contribution in [0.5, 0.6) is 0 Å². The summed E-state index contributed by atoms with van der Waals surface area (Å²) in [5.74, 6) is -1.97. The van der Waals surface area contributed by atoms with Gasteiger partial charge in [-0.25, -0.2) is 9.13 Å². The zero-order valence-electron chi connectivity index (χ0n) is 14.2. The van der Waals surface area contributed by atoms with Gasteiger partial charge >= 0.3 is 27.6 Å². The molecule has 0 saturated carbocycles. The molecule has 0 aromatic heterocycles. The summed E-state index contributed by atoms with van der Waals surface area (Å²) in [6.07, 6.45) is -0.942. The summed E-state index contributed by atoms with van der Waals surface area (Å²) in [5.41, 5.74) is 0. The highest BCUT2D eigenvalue weighted by molar-refractivity contribution is 7.49. The van der Waals surface area contributed by atoms with Crippen LogP contribution in [-0.4, -0.2) is 38.4 Å². The van der Waals surface area contributed by atoms with Crippen molar-refractivity contribution in [2.24, 2.45) is 0 Å². The lowest BCUT2D eigenvalue weighted by Crippen LogP contribution is -2.12. The SMILES string of the molecule is CCOP(=O)(OCC)OC(=O)CCC(=O)OP(=O)(OCC)OCC. The Morgan fingerprint density at radius 3 is 1.08 bits per heavy atom. The third-order valence-electron chi connectivity index (χ3n) is 2.11. The van der Waals surface area contributed by atoms with Crippen molar-refractivity contribution in [1.82, 2.24) is 0 Å². The number of carbonyl (C=O) groups is 2. The number of carbonyl (C=O) groups excluding carboxylic acids is 2. The van der Waals surface area contributed by atoms with Crippen LogP contribution in [0.1, 0.15) is 40.5 Å². The molecule has 12 heteroatoms. The zero-order valence-corrected chi connectivity index (χ0v) is 16.0. The van der Waals surface area contributed by atoms with Crippen molar-refractivity contribution in [3.63, 3.8) is 0 Å². The van der Waals surface area contributed by atoms with Crippen molar-refractivity contribution in [2.45, 2.75) is 40.5 Å². The number of hydrogen-bond donors (Lipinski definition) is 0. The van der Waals surface area contributed by atoms with Gasteiger partial charge < -0.3 is 9.05 Å². The highest BCUT2D eigenvalue weighted by Crippen LogP contribution is 2.50. The lowest BCUT2D eigenvalue weighted by Gasteiger charge is -2.16. The minimum atomic E-state index is -4.00. The molecule has 0 saturated heterocycles. The molecular weight excluding hydrogens is 366 g/mol. The van der Waals surface area contributed by atoms with Gasteiger partial charge in [-0.3, -0.25) is 27.7 Å². The lowest BCUT2D eigenvalue weighted by atomic mass is 10.3. The van der Waals surface area contributed by atoms with E-state index in [4.69, 9.17) is 18.1 Å². The Balaban J connectivity index is 4.50. The first-order chi connectivity index (χ1) is 11.2. The summed E-state index contributed by atoms with van der Waals surface area (Å²) in [7, 11) is -8.01. The molecule has 0 unspecified atom stereocenters. The van der Waals surface area contributed by atoms with E-state index in [1.807, 2.05) is 0 Å². The third-order valence-corrected chi connectivity index (χ3v) is 5.26. The highest BCUT2D eigenvalue weighted by Gasteiger charge is 2.32. The second-order valence-electron chi connectivity index (χ2n) is 3.99. The van der Waals surface area contributed by atoms with Crippen LogP contribution in [0.25, 0.3) is 0 Å². The van der Waals surface area contributed by atoms with Gasteiger partial charge in [-0.15, -0.1) is 0 Å². The van der Waals surface area contributed by atoms with E-state index in [-0.39, 0.29) is 26.4 Å². The largest absolute Gasteiger partial charge is 0.532 e. The van der Waals surface area contributed by atoms with Crippen molar-refractivity contribution in [3.05, 3.63) is 0 Å². The van der Waals surface area contributed by atoms with Gasteiger partial charge in [0.05, 0.1) is 39.3 Å². The number of hydrogen-bond acceptors (Lipinski definition) is 10. The van der Waals surface area contributed by atoms with Crippen molar-refractivity contribution >= 4 is 27.6 Å². The topological polar surface area (TPSA) is 124 Å². The molecule has 0 aliphatic carbocycles. The zero-order chi connectivity index (χ0) is 18.6. The Morgan fingerprint density at radius 2 is 0.875 bits per heavy atom. The molecule has 0 N–H and O–H groups in total. The van der Waals surface area contributed by atoms with E-state index in [0.29, 0.717) is 0 Å². The van der Waals surface area contributed by atoms with Crippen LogP contribution >= 0.6 is 15.6 Å². The van der Waals surface area contributed by atoms with Gasteiger partial charge in [0.15, 0.2) is 0 Å². The molecule has 0 heterocycles. The van der Waals surface area contributed by atoms with E-state index < -0.39 is 40.4 Å². The van der Waals surface area contributed by atoms with Crippen molar-refractivity contribution in [2.75, 3.05) is 26.4 Å². The maximum Gasteiger partial charge on any atom is 0.532 e. The molecule has 0 amide bonds. The summed E-state index contributed by atoms with van der Waals surface area (Å²) < 4.78 is 52.3. The average Bonchev–Trinajstić information content (AvgIpc) is 2.45. The Kier molecular flexibility index (Phi) is 11.4. The first kappa shape index (κ1) is 23.2. The van der Waals surface area contributed by atoms with Gasteiger partial charge in [-0.05, 0) is 27.7 Å². The van der Waals surface area contributed by atoms with Gasteiger partial charge in [-0.2, -0.15) is 0 Å². The monoisotopic (exact) mass is 390 g/mol. The molecule has 0 aromatic carbocycles. The van der Waals surface area contributed by atoms with E-state index in [1.165, 1.54) is 0 Å². The van der Waals surface area contributed by atoms with Crippen LogP contribution < -0.4 is 0 Å². The normalized spacial score (nSPS) is 12.0. The van der Waals surface area contributed by atoms with Gasteiger partial charge in [0.2, 0.25) is 0 Å². The maximum absolute atomic E-state index is 12.0. The molecule has 0 spiro atoms. The smallest absolute Gasteiger partial charge is 0.370 e. The van der Waals surface area contributed by atoms with Crippen LogP contribution in [0.15, 0.2) is 0 Å². The van der Waals surface area contributed by atoms with E-state index >= 15 is 0 Å². The first-order valence-electron chi connectivity index (χ1n) is 7.47.